The van der Waals surface area contributed by atoms with Crippen molar-refractivity contribution in [2.24, 2.45) is 5.92 Å². The highest BCUT2D eigenvalue weighted by Crippen LogP contribution is 2.32. The number of amides is 1. The average molecular weight is 319 g/mol. The van der Waals surface area contributed by atoms with Crippen molar-refractivity contribution in [2.45, 2.75) is 31.7 Å². The van der Waals surface area contributed by atoms with Crippen molar-refractivity contribution in [1.82, 2.24) is 4.90 Å². The van der Waals surface area contributed by atoms with Crippen molar-refractivity contribution < 1.29 is 24.2 Å². The van der Waals surface area contributed by atoms with Crippen molar-refractivity contribution in [3.05, 3.63) is 23.8 Å². The Morgan fingerprint density at radius 3 is 2.91 bits per heavy atom. The molecule has 0 aliphatic carbocycles. The van der Waals surface area contributed by atoms with Crippen LogP contribution < -0.4 is 9.47 Å². The van der Waals surface area contributed by atoms with Crippen LogP contribution in [0.3, 0.4) is 0 Å². The van der Waals surface area contributed by atoms with Crippen molar-refractivity contribution in [2.75, 3.05) is 20.3 Å². The minimum atomic E-state index is -0.917. The van der Waals surface area contributed by atoms with Gasteiger partial charge in [0, 0.05) is 12.6 Å². The Labute approximate surface area is 135 Å². The molecule has 0 bridgehead atoms. The number of nitrogens with zero attached hydrogens (tertiary/aromatic N) is 1. The second-order valence-corrected chi connectivity index (χ2v) is 6.07. The molecule has 1 amide bonds. The number of methoxy groups -OCH3 is 1. The van der Waals surface area contributed by atoms with Crippen LogP contribution in [0.4, 0.5) is 0 Å². The van der Waals surface area contributed by atoms with Crippen LogP contribution in [-0.2, 0) is 16.0 Å². The molecule has 1 N–H and O–H groups in total. The molecule has 0 radical (unpaired) electrons. The van der Waals surface area contributed by atoms with E-state index >= 15 is 0 Å². The number of carboxylic acids is 1. The van der Waals surface area contributed by atoms with Crippen LogP contribution in [-0.4, -0.2) is 48.2 Å². The molecule has 23 heavy (non-hydrogen) atoms. The molecule has 124 valence electrons. The van der Waals surface area contributed by atoms with Gasteiger partial charge in [0.2, 0.25) is 5.91 Å². The van der Waals surface area contributed by atoms with Gasteiger partial charge in [-0.3, -0.25) is 4.79 Å². The number of aliphatic carboxylic acids is 1. The number of benzene rings is 1. The molecule has 0 spiro atoms. The number of piperidine rings is 1. The van der Waals surface area contributed by atoms with Gasteiger partial charge < -0.3 is 19.5 Å². The summed E-state index contributed by atoms with van der Waals surface area (Å²) in [6.45, 7) is 0.795. The van der Waals surface area contributed by atoms with Gasteiger partial charge in [-0.2, -0.15) is 0 Å². The number of carbonyl (C=O) groups is 2. The van der Waals surface area contributed by atoms with Crippen molar-refractivity contribution in [3.8, 4) is 11.5 Å². The van der Waals surface area contributed by atoms with Gasteiger partial charge in [0.25, 0.3) is 0 Å². The largest absolute Gasteiger partial charge is 0.497 e. The molecule has 6 nitrogen and oxygen atoms in total. The first kappa shape index (κ1) is 15.6. The molecule has 1 saturated heterocycles. The van der Waals surface area contributed by atoms with E-state index in [-0.39, 0.29) is 18.4 Å². The van der Waals surface area contributed by atoms with E-state index in [2.05, 4.69) is 0 Å². The van der Waals surface area contributed by atoms with E-state index in [1.165, 1.54) is 4.90 Å². The molecule has 2 heterocycles. The molecule has 2 aliphatic rings. The molecule has 2 atom stereocenters. The number of hydrogen-bond acceptors (Lipinski definition) is 4. The van der Waals surface area contributed by atoms with Crippen LogP contribution in [0.25, 0.3) is 0 Å². The third-order valence-corrected chi connectivity index (χ3v) is 4.60. The Hall–Kier alpha value is -2.24. The number of rotatable bonds is 3. The normalized spacial score (nSPS) is 23.6. The van der Waals surface area contributed by atoms with Gasteiger partial charge in [-0.25, -0.2) is 4.79 Å². The lowest BCUT2D eigenvalue weighted by molar-refractivity contribution is -0.154. The molecule has 1 aromatic carbocycles. The highest BCUT2D eigenvalue weighted by Gasteiger charge is 2.37. The lowest BCUT2D eigenvalue weighted by Crippen LogP contribution is -2.51. The van der Waals surface area contributed by atoms with Gasteiger partial charge >= 0.3 is 5.97 Å². The van der Waals surface area contributed by atoms with Gasteiger partial charge in [-0.1, -0.05) is 6.07 Å². The Morgan fingerprint density at radius 1 is 1.35 bits per heavy atom. The molecule has 1 aromatic rings. The minimum Gasteiger partial charge on any atom is -0.497 e. The summed E-state index contributed by atoms with van der Waals surface area (Å²) in [5, 5.41) is 9.33. The van der Waals surface area contributed by atoms with Gasteiger partial charge in [-0.15, -0.1) is 0 Å². The first-order valence-electron chi connectivity index (χ1n) is 7.93. The highest BCUT2D eigenvalue weighted by atomic mass is 16.5. The Balaban J connectivity index is 1.74. The number of likely N-dealkylation sites (tertiary alicyclic amines) is 1. The molecular weight excluding hydrogens is 298 g/mol. The lowest BCUT2D eigenvalue weighted by atomic mass is 9.93. The summed E-state index contributed by atoms with van der Waals surface area (Å²) in [5.74, 6) is 0.103. The maximum atomic E-state index is 12.8. The van der Waals surface area contributed by atoms with Gasteiger partial charge in [-0.05, 0) is 37.3 Å². The molecule has 6 heteroatoms. The number of carbonyl (C=O) groups excluding carboxylic acids is 1. The highest BCUT2D eigenvalue weighted by molar-refractivity contribution is 5.85. The van der Waals surface area contributed by atoms with Crippen LogP contribution in [0.1, 0.15) is 24.8 Å². The second kappa shape index (κ2) is 6.48. The average Bonchev–Trinajstić information content (AvgIpc) is 2.60. The zero-order valence-corrected chi connectivity index (χ0v) is 13.2. The summed E-state index contributed by atoms with van der Waals surface area (Å²) < 4.78 is 10.9. The lowest BCUT2D eigenvalue weighted by Gasteiger charge is -2.36. The summed E-state index contributed by atoms with van der Waals surface area (Å²) >= 11 is 0. The molecule has 0 aromatic heterocycles. The number of fused-ring (bicyclic) bond motifs is 1. The second-order valence-electron chi connectivity index (χ2n) is 6.07. The van der Waals surface area contributed by atoms with E-state index in [9.17, 15) is 14.7 Å². The fourth-order valence-electron chi connectivity index (χ4n) is 3.32. The van der Waals surface area contributed by atoms with Crippen LogP contribution in [0, 0.1) is 5.92 Å². The molecule has 1 fully saturated rings. The summed E-state index contributed by atoms with van der Waals surface area (Å²) in [7, 11) is 1.60. The van der Waals surface area contributed by atoms with E-state index in [4.69, 9.17) is 9.47 Å². The monoisotopic (exact) mass is 319 g/mol. The Bertz CT molecular complexity index is 615. The van der Waals surface area contributed by atoms with Crippen molar-refractivity contribution >= 4 is 11.9 Å². The van der Waals surface area contributed by atoms with Crippen LogP contribution in [0.15, 0.2) is 18.2 Å². The zero-order chi connectivity index (χ0) is 16.4. The maximum Gasteiger partial charge on any atom is 0.326 e. The smallest absolute Gasteiger partial charge is 0.326 e. The predicted octanol–water partition coefficient (Wildman–Crippen LogP) is 1.71. The summed E-state index contributed by atoms with van der Waals surface area (Å²) in [6.07, 6.45) is 2.81. The van der Waals surface area contributed by atoms with Crippen molar-refractivity contribution in [1.29, 1.82) is 0 Å². The van der Waals surface area contributed by atoms with E-state index in [1.807, 2.05) is 18.2 Å². The van der Waals surface area contributed by atoms with E-state index < -0.39 is 12.0 Å². The topological polar surface area (TPSA) is 76.1 Å². The molecule has 2 aliphatic heterocycles. The van der Waals surface area contributed by atoms with Gasteiger partial charge in [0.15, 0.2) is 0 Å². The third-order valence-electron chi connectivity index (χ3n) is 4.60. The van der Waals surface area contributed by atoms with Crippen LogP contribution in [0.2, 0.25) is 0 Å². The Morgan fingerprint density at radius 2 is 2.17 bits per heavy atom. The molecule has 0 unspecified atom stereocenters. The van der Waals surface area contributed by atoms with E-state index in [1.54, 1.807) is 7.11 Å². The SMILES string of the molecule is COc1ccc2c(c1)OC[C@H](C(=O)N1CCCC[C@H]1C(=O)O)C2. The number of ether oxygens (including phenoxy) is 2. The first-order chi connectivity index (χ1) is 11.1. The standard InChI is InChI=1S/C17H21NO5/c1-22-13-6-5-11-8-12(10-23-15(11)9-13)16(19)18-7-3-2-4-14(18)17(20)21/h5-6,9,12,14H,2-4,7-8,10H2,1H3,(H,20,21)/t12-,14+/m1/s1. The Kier molecular flexibility index (Phi) is 4.41. The number of hydrogen-bond donors (Lipinski definition) is 1. The van der Waals surface area contributed by atoms with Gasteiger partial charge in [0.05, 0.1) is 13.0 Å². The quantitative estimate of drug-likeness (QED) is 0.918. The fraction of sp³-hybridized carbons (Fsp3) is 0.529. The van der Waals surface area contributed by atoms with E-state index in [0.29, 0.717) is 19.4 Å². The van der Waals surface area contributed by atoms with Crippen LogP contribution in [0.5, 0.6) is 11.5 Å². The van der Waals surface area contributed by atoms with Gasteiger partial charge in [0.1, 0.15) is 24.1 Å². The first-order valence-corrected chi connectivity index (χ1v) is 7.93. The van der Waals surface area contributed by atoms with Crippen LogP contribution >= 0.6 is 0 Å². The predicted molar refractivity (Wildman–Crippen MR) is 82.7 cm³/mol. The fourth-order valence-corrected chi connectivity index (χ4v) is 3.32. The maximum absolute atomic E-state index is 12.8. The zero-order valence-electron chi connectivity index (χ0n) is 13.2. The van der Waals surface area contributed by atoms with Crippen molar-refractivity contribution in [3.63, 3.8) is 0 Å². The third kappa shape index (κ3) is 3.11. The molecular formula is C17H21NO5. The summed E-state index contributed by atoms with van der Waals surface area (Å²) in [6, 6.07) is 4.86. The number of carboxylic acid groups (broad SMARTS) is 1. The summed E-state index contributed by atoms with van der Waals surface area (Å²) in [4.78, 5) is 25.7. The minimum absolute atomic E-state index is 0.112. The molecule has 0 saturated carbocycles. The molecule has 3 rings (SSSR count). The van der Waals surface area contributed by atoms with E-state index in [0.717, 1.165) is 29.9 Å². The summed E-state index contributed by atoms with van der Waals surface area (Å²) in [5.41, 5.74) is 0.958.